The number of aliphatic hydroxyl groups is 1. The first-order chi connectivity index (χ1) is 10.3. The fourth-order valence-corrected chi connectivity index (χ4v) is 2.05. The number of hydrogen-bond acceptors (Lipinski definition) is 3. The minimum atomic E-state index is 0.164. The van der Waals surface area contributed by atoms with Crippen molar-refractivity contribution in [3.05, 3.63) is 84.3 Å². The van der Waals surface area contributed by atoms with Gasteiger partial charge in [-0.25, -0.2) is 0 Å². The minimum absolute atomic E-state index is 0.164. The maximum Gasteiger partial charge on any atom is 0.333 e. The Kier molecular flexibility index (Phi) is 3.77. The van der Waals surface area contributed by atoms with Gasteiger partial charge in [0.2, 0.25) is 0 Å². The summed E-state index contributed by atoms with van der Waals surface area (Å²) in [6.07, 6.45) is 5.48. The Morgan fingerprint density at radius 2 is 1.62 bits per heavy atom. The number of nitrogens with zero attached hydrogens (tertiary/aromatic N) is 1. The van der Waals surface area contributed by atoms with Crippen molar-refractivity contribution in [1.82, 2.24) is 0 Å². The molecule has 21 heavy (non-hydrogen) atoms. The number of aliphatic hydroxyl groups excluding tert-OH is 1. The number of benzene rings is 2. The third-order valence-corrected chi connectivity index (χ3v) is 3.08. The smallest absolute Gasteiger partial charge is 0.333 e. The Labute approximate surface area is 124 Å². The Morgan fingerprint density at radius 3 is 2.33 bits per heavy atom. The summed E-state index contributed by atoms with van der Waals surface area (Å²) in [5.41, 5.74) is 3.12. The quantitative estimate of drug-likeness (QED) is 0.815. The Bertz CT molecular complexity index is 701. The van der Waals surface area contributed by atoms with Gasteiger partial charge in [-0.05, 0) is 24.3 Å². The highest BCUT2D eigenvalue weighted by molar-refractivity contribution is 6.06. The van der Waals surface area contributed by atoms with E-state index in [1.54, 1.807) is 6.08 Å². The van der Waals surface area contributed by atoms with Crippen molar-refractivity contribution >= 4 is 17.1 Å². The molecule has 0 saturated carbocycles. The van der Waals surface area contributed by atoms with E-state index in [-0.39, 0.29) is 5.76 Å². The van der Waals surface area contributed by atoms with Crippen molar-refractivity contribution in [1.29, 1.82) is 0 Å². The van der Waals surface area contributed by atoms with Crippen molar-refractivity contribution in [2.45, 2.75) is 6.42 Å². The van der Waals surface area contributed by atoms with Crippen molar-refractivity contribution in [3.63, 3.8) is 0 Å². The van der Waals surface area contributed by atoms with Crippen LogP contribution in [0.4, 0.5) is 11.4 Å². The molecule has 0 bridgehead atoms. The van der Waals surface area contributed by atoms with Gasteiger partial charge in [0.05, 0.1) is 18.2 Å². The monoisotopic (exact) mass is 275 g/mol. The highest BCUT2D eigenvalue weighted by atomic mass is 16.3. The maximum absolute atomic E-state index is 9.94. The van der Waals surface area contributed by atoms with Crippen LogP contribution >= 0.6 is 0 Å². The van der Waals surface area contributed by atoms with E-state index >= 15 is 0 Å². The number of hydrogen-bond donors (Lipinski definition) is 2. The highest BCUT2D eigenvalue weighted by Crippen LogP contribution is 2.19. The zero-order valence-electron chi connectivity index (χ0n) is 11.5. The van der Waals surface area contributed by atoms with Crippen LogP contribution in [0.3, 0.4) is 0 Å². The zero-order valence-corrected chi connectivity index (χ0v) is 11.5. The molecule has 0 atom stereocenters. The van der Waals surface area contributed by atoms with Crippen molar-refractivity contribution in [3.8, 4) is 0 Å². The predicted molar refractivity (Wildman–Crippen MR) is 85.7 cm³/mol. The summed E-state index contributed by atoms with van der Waals surface area (Å²) < 4.78 is 0. The molecular weight excluding hydrogens is 260 g/mol. The molecule has 3 rings (SSSR count). The molecule has 0 saturated heterocycles. The zero-order chi connectivity index (χ0) is 14.5. The van der Waals surface area contributed by atoms with Crippen LogP contribution in [0.5, 0.6) is 0 Å². The molecule has 3 heteroatoms. The molecule has 0 unspecified atom stereocenters. The van der Waals surface area contributed by atoms with Crippen LogP contribution in [0, 0.1) is 6.08 Å². The molecule has 0 aromatic heterocycles. The number of allylic oxidation sites excluding steroid dienone is 2. The molecule has 2 aromatic rings. The molecule has 0 spiro atoms. The maximum atomic E-state index is 9.94. The van der Waals surface area contributed by atoms with Crippen LogP contribution < -0.4 is 5.32 Å². The van der Waals surface area contributed by atoms with E-state index in [0.717, 1.165) is 17.1 Å². The summed E-state index contributed by atoms with van der Waals surface area (Å²) >= 11 is 0. The Morgan fingerprint density at radius 1 is 0.952 bits per heavy atom. The SMILES string of the molecule is OC1=CCC(Nc2ccccc2)=[C+]C1=Nc1ccccc1. The summed E-state index contributed by atoms with van der Waals surface area (Å²) in [6.45, 7) is 0. The van der Waals surface area contributed by atoms with Gasteiger partial charge in [-0.1, -0.05) is 36.4 Å². The topological polar surface area (TPSA) is 44.6 Å². The predicted octanol–water partition coefficient (Wildman–Crippen LogP) is 4.40. The van der Waals surface area contributed by atoms with E-state index in [4.69, 9.17) is 0 Å². The second-order valence-corrected chi connectivity index (χ2v) is 4.68. The van der Waals surface area contributed by atoms with Gasteiger partial charge in [0, 0.05) is 5.69 Å². The third-order valence-electron chi connectivity index (χ3n) is 3.08. The molecule has 0 amide bonds. The lowest BCUT2D eigenvalue weighted by atomic mass is 10.1. The average Bonchev–Trinajstić information content (AvgIpc) is 2.53. The van der Waals surface area contributed by atoms with Gasteiger partial charge in [0.1, 0.15) is 0 Å². The molecule has 102 valence electrons. The van der Waals surface area contributed by atoms with Crippen LogP contribution in [-0.4, -0.2) is 10.8 Å². The minimum Gasteiger partial charge on any atom is -0.418 e. The molecule has 0 fully saturated rings. The summed E-state index contributed by atoms with van der Waals surface area (Å²) in [4.78, 5) is 4.42. The molecule has 2 aromatic carbocycles. The van der Waals surface area contributed by atoms with E-state index in [1.807, 2.05) is 60.7 Å². The Balaban J connectivity index is 1.84. The van der Waals surface area contributed by atoms with E-state index in [1.165, 1.54) is 0 Å². The molecule has 1 aliphatic carbocycles. The molecule has 0 radical (unpaired) electrons. The largest absolute Gasteiger partial charge is 0.418 e. The molecule has 0 heterocycles. The summed E-state index contributed by atoms with van der Waals surface area (Å²) in [6, 6.07) is 19.4. The van der Waals surface area contributed by atoms with Gasteiger partial charge in [-0.3, -0.25) is 0 Å². The lowest BCUT2D eigenvalue weighted by molar-refractivity contribution is 0.440. The molecule has 1 aliphatic rings. The van der Waals surface area contributed by atoms with Crippen LogP contribution in [-0.2, 0) is 0 Å². The van der Waals surface area contributed by atoms with E-state index in [9.17, 15) is 5.11 Å². The van der Waals surface area contributed by atoms with Crippen LogP contribution in [0.1, 0.15) is 6.42 Å². The fraction of sp³-hybridized carbons (Fsp3) is 0.0556. The van der Waals surface area contributed by atoms with Crippen LogP contribution in [0.2, 0.25) is 0 Å². The second-order valence-electron chi connectivity index (χ2n) is 4.68. The number of anilines is 1. The van der Waals surface area contributed by atoms with Gasteiger partial charge in [-0.2, -0.15) is 4.99 Å². The van der Waals surface area contributed by atoms with Gasteiger partial charge >= 0.3 is 5.71 Å². The van der Waals surface area contributed by atoms with Gasteiger partial charge in [-0.15, -0.1) is 0 Å². The van der Waals surface area contributed by atoms with Gasteiger partial charge in [0.25, 0.3) is 5.76 Å². The van der Waals surface area contributed by atoms with Crippen molar-refractivity contribution in [2.24, 2.45) is 4.99 Å². The van der Waals surface area contributed by atoms with E-state index in [0.29, 0.717) is 12.1 Å². The summed E-state index contributed by atoms with van der Waals surface area (Å²) in [5.74, 6) is 0.164. The molecule has 3 nitrogen and oxygen atoms in total. The first-order valence-corrected chi connectivity index (χ1v) is 6.79. The number of aliphatic imine (C=N–C) groups is 1. The number of nitrogens with one attached hydrogen (secondary N) is 1. The standard InChI is InChI=1S/C18H14N2O/c21-18-12-11-16(19-14-7-3-1-4-8-14)13-17(18)20-15-9-5-2-6-10-15/h1-10,12H,11H2,(H-,19,20,21)/p+1. The number of para-hydroxylation sites is 2. The van der Waals surface area contributed by atoms with E-state index in [2.05, 4.69) is 16.4 Å². The summed E-state index contributed by atoms with van der Waals surface area (Å²) in [5, 5.41) is 13.2. The molecule has 2 N–H and O–H groups in total. The highest BCUT2D eigenvalue weighted by Gasteiger charge is 2.24. The first-order valence-electron chi connectivity index (χ1n) is 6.79. The number of rotatable bonds is 3. The van der Waals surface area contributed by atoms with Crippen LogP contribution in [0.15, 0.2) is 83.2 Å². The average molecular weight is 275 g/mol. The van der Waals surface area contributed by atoms with Crippen molar-refractivity contribution in [2.75, 3.05) is 5.32 Å². The van der Waals surface area contributed by atoms with E-state index < -0.39 is 0 Å². The lowest BCUT2D eigenvalue weighted by Crippen LogP contribution is -2.11. The van der Waals surface area contributed by atoms with Gasteiger partial charge in [0.15, 0.2) is 11.8 Å². The second kappa shape index (κ2) is 6.04. The Hall–Kier alpha value is -2.90. The fourth-order valence-electron chi connectivity index (χ4n) is 2.05. The third kappa shape index (κ3) is 3.35. The lowest BCUT2D eigenvalue weighted by Gasteiger charge is -2.06. The summed E-state index contributed by atoms with van der Waals surface area (Å²) in [7, 11) is 0. The normalized spacial score (nSPS) is 15.9. The first kappa shape index (κ1) is 13.1. The molecular formula is C18H15N2O+. The van der Waals surface area contributed by atoms with Crippen LogP contribution in [0.25, 0.3) is 0 Å². The molecule has 0 aliphatic heterocycles. The van der Waals surface area contributed by atoms with Gasteiger partial charge < -0.3 is 10.4 Å². The van der Waals surface area contributed by atoms with Crippen molar-refractivity contribution < 1.29 is 5.11 Å².